The van der Waals surface area contributed by atoms with Gasteiger partial charge in [0.15, 0.2) is 14.2 Å². The summed E-state index contributed by atoms with van der Waals surface area (Å²) in [6, 6.07) is 0.449. The highest BCUT2D eigenvalue weighted by atomic mass is 32.2. The molecular formula is C15H15N5O6S4. The number of β-lactam (4-membered cyclic amide) rings is 1. The maximum Gasteiger partial charge on any atom is 0.352 e. The summed E-state index contributed by atoms with van der Waals surface area (Å²) < 4.78 is 23.9. The number of carbonyl (C=O) groups is 3. The molecule has 1 fully saturated rings. The Hall–Kier alpha value is -2.15. The van der Waals surface area contributed by atoms with E-state index in [0.717, 1.165) is 9.91 Å². The second kappa shape index (κ2) is 8.92. The highest BCUT2D eigenvalue weighted by Gasteiger charge is 2.54. The summed E-state index contributed by atoms with van der Waals surface area (Å²) in [5, 5.41) is 28.5. The van der Waals surface area contributed by atoms with Crippen LogP contribution in [0.4, 0.5) is 0 Å². The van der Waals surface area contributed by atoms with Crippen LogP contribution in [-0.2, 0) is 24.2 Å². The van der Waals surface area contributed by atoms with Crippen molar-refractivity contribution < 1.29 is 27.9 Å². The van der Waals surface area contributed by atoms with E-state index in [1.165, 1.54) is 40.9 Å². The summed E-state index contributed by atoms with van der Waals surface area (Å²) in [6.07, 6.45) is 0. The monoisotopic (exact) mass is 489 g/mol. The van der Waals surface area contributed by atoms with Gasteiger partial charge in [-0.15, -0.1) is 22.0 Å². The number of carboxylic acids is 1. The SMILES string of the molecule is Cc1nnc(SCC2=C(C(=O)O)N3C(=O)C(NC(=O)CS(=O)(=O)CC#N)C3SC2)s1. The molecule has 0 spiro atoms. The van der Waals surface area contributed by atoms with Crippen molar-refractivity contribution in [3.05, 3.63) is 16.3 Å². The summed E-state index contributed by atoms with van der Waals surface area (Å²) >= 11 is 4.00. The number of carboxylic acid groups (broad SMARTS) is 1. The van der Waals surface area contributed by atoms with Gasteiger partial charge < -0.3 is 10.4 Å². The third-order valence-electron chi connectivity index (χ3n) is 4.08. The zero-order valence-corrected chi connectivity index (χ0v) is 18.7. The van der Waals surface area contributed by atoms with Crippen molar-refractivity contribution >= 4 is 62.5 Å². The first-order valence-corrected chi connectivity index (χ1v) is 13.0. The largest absolute Gasteiger partial charge is 0.477 e. The molecule has 1 saturated heterocycles. The lowest BCUT2D eigenvalue weighted by Gasteiger charge is -2.49. The summed E-state index contributed by atoms with van der Waals surface area (Å²) in [5.41, 5.74) is 0.427. The Labute approximate surface area is 183 Å². The molecular weight excluding hydrogens is 474 g/mol. The number of nitrogens with zero attached hydrogens (tertiary/aromatic N) is 4. The van der Waals surface area contributed by atoms with Crippen LogP contribution in [-0.4, -0.2) is 80.8 Å². The summed E-state index contributed by atoms with van der Waals surface area (Å²) in [6.45, 7) is 1.81. The average molecular weight is 490 g/mol. The number of rotatable bonds is 8. The molecule has 0 saturated carbocycles. The fourth-order valence-corrected chi connectivity index (χ4v) is 6.93. The quantitative estimate of drug-likeness (QED) is 0.360. The normalized spacial score (nSPS) is 20.9. The van der Waals surface area contributed by atoms with E-state index in [0.29, 0.717) is 21.4 Å². The Balaban J connectivity index is 1.69. The van der Waals surface area contributed by atoms with Crippen LogP contribution in [0.2, 0.25) is 0 Å². The predicted molar refractivity (Wildman–Crippen MR) is 109 cm³/mol. The lowest BCUT2D eigenvalue weighted by Crippen LogP contribution is -2.71. The molecule has 30 heavy (non-hydrogen) atoms. The number of thioether (sulfide) groups is 2. The first-order chi connectivity index (χ1) is 14.1. The Morgan fingerprint density at radius 3 is 2.77 bits per heavy atom. The smallest absolute Gasteiger partial charge is 0.352 e. The van der Waals surface area contributed by atoms with Crippen LogP contribution in [0.1, 0.15) is 5.01 Å². The summed E-state index contributed by atoms with van der Waals surface area (Å²) in [5.74, 6) is -3.83. The van der Waals surface area contributed by atoms with Gasteiger partial charge in [-0.2, -0.15) is 5.26 Å². The minimum absolute atomic E-state index is 0.125. The van der Waals surface area contributed by atoms with Crippen LogP contribution in [0.25, 0.3) is 0 Å². The molecule has 2 unspecified atom stereocenters. The highest BCUT2D eigenvalue weighted by molar-refractivity contribution is 8.01. The maximum absolute atomic E-state index is 12.5. The lowest BCUT2D eigenvalue weighted by molar-refractivity contribution is -0.150. The number of nitrogens with one attached hydrogen (secondary N) is 1. The topological polar surface area (TPSA) is 170 Å². The average Bonchev–Trinajstić information content (AvgIpc) is 3.08. The fourth-order valence-electron chi connectivity index (χ4n) is 2.84. The Kier molecular flexibility index (Phi) is 6.70. The number of aromatic nitrogens is 2. The number of aliphatic carboxylic acids is 1. The maximum atomic E-state index is 12.5. The molecule has 2 aliphatic heterocycles. The van der Waals surface area contributed by atoms with Crippen molar-refractivity contribution in [3.8, 4) is 6.07 Å². The van der Waals surface area contributed by atoms with Gasteiger partial charge in [-0.3, -0.25) is 14.5 Å². The van der Waals surface area contributed by atoms with Crippen molar-refractivity contribution in [1.29, 1.82) is 5.26 Å². The van der Waals surface area contributed by atoms with Crippen molar-refractivity contribution in [2.24, 2.45) is 0 Å². The predicted octanol–water partition coefficient (Wildman–Crippen LogP) is -0.384. The molecule has 160 valence electrons. The minimum atomic E-state index is -3.89. The van der Waals surface area contributed by atoms with Gasteiger partial charge >= 0.3 is 5.97 Å². The van der Waals surface area contributed by atoms with Gasteiger partial charge in [0.1, 0.15) is 33.6 Å². The molecule has 0 aliphatic carbocycles. The van der Waals surface area contributed by atoms with E-state index in [9.17, 15) is 27.9 Å². The van der Waals surface area contributed by atoms with E-state index >= 15 is 0 Å². The van der Waals surface area contributed by atoms with Crippen LogP contribution in [0, 0.1) is 18.3 Å². The number of hydrogen-bond donors (Lipinski definition) is 2. The summed E-state index contributed by atoms with van der Waals surface area (Å²) in [7, 11) is -3.89. The van der Waals surface area contributed by atoms with Crippen LogP contribution < -0.4 is 5.32 Å². The van der Waals surface area contributed by atoms with Gasteiger partial charge in [0, 0.05) is 11.5 Å². The van der Waals surface area contributed by atoms with Crippen LogP contribution >= 0.6 is 34.9 Å². The third-order valence-corrected chi connectivity index (χ3v) is 8.75. The third kappa shape index (κ3) is 4.77. The molecule has 2 atom stereocenters. The number of amides is 2. The van der Waals surface area contributed by atoms with E-state index in [4.69, 9.17) is 5.26 Å². The van der Waals surface area contributed by atoms with Crippen molar-refractivity contribution in [3.63, 3.8) is 0 Å². The number of sulfone groups is 1. The number of carbonyl (C=O) groups excluding carboxylic acids is 2. The van der Waals surface area contributed by atoms with E-state index in [-0.39, 0.29) is 5.70 Å². The van der Waals surface area contributed by atoms with Crippen LogP contribution in [0.3, 0.4) is 0 Å². The van der Waals surface area contributed by atoms with Gasteiger partial charge in [0.25, 0.3) is 5.91 Å². The van der Waals surface area contributed by atoms with Crippen LogP contribution in [0.5, 0.6) is 0 Å². The molecule has 15 heteroatoms. The van der Waals surface area contributed by atoms with Crippen LogP contribution in [0.15, 0.2) is 15.6 Å². The molecule has 2 aliphatic rings. The molecule has 2 amide bonds. The van der Waals surface area contributed by atoms with E-state index < -0.39 is 50.5 Å². The molecule has 2 N–H and O–H groups in total. The van der Waals surface area contributed by atoms with Gasteiger partial charge in [-0.25, -0.2) is 13.2 Å². The first kappa shape index (κ1) is 22.5. The van der Waals surface area contributed by atoms with Crippen molar-refractivity contribution in [1.82, 2.24) is 20.4 Å². The molecule has 11 nitrogen and oxygen atoms in total. The molecule has 0 bridgehead atoms. The number of fused-ring (bicyclic) bond motifs is 1. The minimum Gasteiger partial charge on any atom is -0.477 e. The Morgan fingerprint density at radius 2 is 2.17 bits per heavy atom. The molecule has 1 aromatic heterocycles. The van der Waals surface area contributed by atoms with E-state index in [2.05, 4.69) is 15.5 Å². The number of aryl methyl sites for hydroxylation is 1. The highest BCUT2D eigenvalue weighted by Crippen LogP contribution is 2.41. The standard InChI is InChI=1S/C15H15N5O6S4/c1-7-18-19-15(29-7)28-5-8-4-27-13-10(12(22)20(13)11(8)14(23)24)17-9(21)6-30(25,26)3-2-16/h10,13H,3-6H2,1H3,(H,17,21)(H,23,24). The van der Waals surface area contributed by atoms with Crippen molar-refractivity contribution in [2.45, 2.75) is 22.7 Å². The molecule has 0 radical (unpaired) electrons. The molecule has 1 aromatic rings. The van der Waals surface area contributed by atoms with Crippen molar-refractivity contribution in [2.75, 3.05) is 23.0 Å². The van der Waals surface area contributed by atoms with Gasteiger partial charge in [-0.1, -0.05) is 23.1 Å². The Bertz CT molecular complexity index is 1080. The molecule has 3 rings (SSSR count). The molecule has 0 aromatic carbocycles. The lowest BCUT2D eigenvalue weighted by atomic mass is 10.0. The van der Waals surface area contributed by atoms with E-state index in [1.54, 1.807) is 0 Å². The Morgan fingerprint density at radius 1 is 1.43 bits per heavy atom. The van der Waals surface area contributed by atoms with E-state index in [1.807, 2.05) is 6.92 Å². The second-order valence-corrected chi connectivity index (χ2v) is 11.9. The number of hydrogen-bond acceptors (Lipinski definition) is 11. The summed E-state index contributed by atoms with van der Waals surface area (Å²) in [4.78, 5) is 37.4. The zero-order valence-electron chi connectivity index (χ0n) is 15.4. The van der Waals surface area contributed by atoms with Gasteiger partial charge in [0.2, 0.25) is 5.91 Å². The molecule has 3 heterocycles. The zero-order chi connectivity index (χ0) is 22.1. The van der Waals surface area contributed by atoms with Gasteiger partial charge in [0.05, 0.1) is 6.07 Å². The fraction of sp³-hybridized carbons (Fsp3) is 0.467. The van der Waals surface area contributed by atoms with Gasteiger partial charge in [-0.05, 0) is 12.5 Å². The first-order valence-electron chi connectivity index (χ1n) is 8.32. The number of nitriles is 1. The second-order valence-electron chi connectivity index (χ2n) is 6.28.